The smallest absolute Gasteiger partial charge is 0.209 e. The van der Waals surface area contributed by atoms with Crippen LogP contribution in [0, 0.1) is 12.3 Å². The molecular formula is C7H11NO2. The van der Waals surface area contributed by atoms with Crippen molar-refractivity contribution in [3.8, 4) is 12.3 Å². The van der Waals surface area contributed by atoms with Crippen LogP contribution in [0.2, 0.25) is 0 Å². The second-order valence-electron chi connectivity index (χ2n) is 2.06. The summed E-state index contributed by atoms with van der Waals surface area (Å²) in [5.74, 6) is 2.16. The lowest BCUT2D eigenvalue weighted by atomic mass is 10.2. The topological polar surface area (TPSA) is 40.5 Å². The summed E-state index contributed by atoms with van der Waals surface area (Å²) in [6.45, 7) is 0.495. The van der Waals surface area contributed by atoms with Crippen LogP contribution in [0.25, 0.3) is 0 Å². The monoisotopic (exact) mass is 141 g/mol. The molecule has 1 unspecified atom stereocenters. The van der Waals surface area contributed by atoms with Gasteiger partial charge in [-0.3, -0.25) is 4.79 Å². The average molecular weight is 141 g/mol. The molecular weight excluding hydrogens is 130 g/mol. The molecule has 10 heavy (non-hydrogen) atoms. The van der Waals surface area contributed by atoms with Gasteiger partial charge in [-0.2, -0.15) is 0 Å². The summed E-state index contributed by atoms with van der Waals surface area (Å²) in [5, 5.41) is 8.82. The number of hydrogen-bond donors (Lipinski definition) is 1. The summed E-state index contributed by atoms with van der Waals surface area (Å²) >= 11 is 0. The van der Waals surface area contributed by atoms with Gasteiger partial charge in [0.2, 0.25) is 6.41 Å². The third-order valence-electron chi connectivity index (χ3n) is 1.13. The van der Waals surface area contributed by atoms with Crippen molar-refractivity contribution in [3.05, 3.63) is 0 Å². The molecule has 0 aromatic carbocycles. The van der Waals surface area contributed by atoms with E-state index in [0.717, 1.165) is 0 Å². The number of rotatable bonds is 4. The molecule has 1 N–H and O–H groups in total. The zero-order valence-corrected chi connectivity index (χ0v) is 5.95. The second kappa shape index (κ2) is 4.83. The van der Waals surface area contributed by atoms with Crippen molar-refractivity contribution in [2.45, 2.75) is 12.5 Å². The Hall–Kier alpha value is -1.01. The molecule has 0 aliphatic heterocycles. The number of nitrogens with zero attached hydrogens (tertiary/aromatic N) is 1. The molecule has 0 radical (unpaired) electrons. The molecule has 0 aromatic heterocycles. The normalized spacial score (nSPS) is 11.7. The Morgan fingerprint density at radius 3 is 2.90 bits per heavy atom. The largest absolute Gasteiger partial charge is 0.380 e. The Morgan fingerprint density at radius 1 is 1.90 bits per heavy atom. The number of amides is 1. The first-order valence-corrected chi connectivity index (χ1v) is 3.00. The van der Waals surface area contributed by atoms with Crippen molar-refractivity contribution in [2.75, 3.05) is 13.6 Å². The van der Waals surface area contributed by atoms with E-state index in [1.54, 1.807) is 7.05 Å². The summed E-state index contributed by atoms with van der Waals surface area (Å²) in [6, 6.07) is 0. The maximum Gasteiger partial charge on any atom is 0.209 e. The lowest BCUT2D eigenvalue weighted by molar-refractivity contribution is -0.117. The van der Waals surface area contributed by atoms with Gasteiger partial charge in [-0.25, -0.2) is 0 Å². The highest BCUT2D eigenvalue weighted by atomic mass is 16.3. The minimum absolute atomic E-state index is 0.436. The van der Waals surface area contributed by atoms with Crippen LogP contribution in [0.4, 0.5) is 0 Å². The van der Waals surface area contributed by atoms with Crippen LogP contribution in [0.15, 0.2) is 0 Å². The summed E-state index contributed by atoms with van der Waals surface area (Å²) in [5.41, 5.74) is 0. The van der Waals surface area contributed by atoms with Gasteiger partial charge in [-0.15, -0.1) is 6.42 Å². The molecule has 0 rings (SSSR count). The zero-order valence-electron chi connectivity index (χ0n) is 5.95. The number of aliphatic hydroxyl groups excluding tert-OH is 1. The van der Waals surface area contributed by atoms with Crippen LogP contribution in [-0.4, -0.2) is 36.1 Å². The Kier molecular flexibility index (Phi) is 4.34. The van der Waals surface area contributed by atoms with Crippen molar-refractivity contribution in [2.24, 2.45) is 0 Å². The van der Waals surface area contributed by atoms with Crippen molar-refractivity contribution in [1.82, 2.24) is 4.90 Å². The van der Waals surface area contributed by atoms with E-state index in [0.29, 0.717) is 19.4 Å². The minimum Gasteiger partial charge on any atom is -0.380 e. The van der Waals surface area contributed by atoms with Gasteiger partial charge in [0.25, 0.3) is 0 Å². The summed E-state index contributed by atoms with van der Waals surface area (Å²) in [7, 11) is 1.64. The Labute approximate surface area is 60.6 Å². The van der Waals surface area contributed by atoms with E-state index in [-0.39, 0.29) is 0 Å². The predicted octanol–water partition coefficient (Wildman–Crippen LogP) is -0.541. The standard InChI is InChI=1S/C7H11NO2/c1-3-7(10)4-5-8(2)6-9/h1,6-7,10H,4-5H2,2H3. The van der Waals surface area contributed by atoms with Crippen molar-refractivity contribution >= 4 is 6.41 Å². The molecule has 3 heteroatoms. The Morgan fingerprint density at radius 2 is 2.50 bits per heavy atom. The maximum absolute atomic E-state index is 10.00. The molecule has 56 valence electrons. The van der Waals surface area contributed by atoms with Crippen LogP contribution in [0.1, 0.15) is 6.42 Å². The summed E-state index contributed by atoms with van der Waals surface area (Å²) < 4.78 is 0. The third kappa shape index (κ3) is 3.93. The Balaban J connectivity index is 3.37. The highest BCUT2D eigenvalue weighted by Gasteiger charge is 1.99. The first-order chi connectivity index (χ1) is 4.70. The van der Waals surface area contributed by atoms with E-state index >= 15 is 0 Å². The highest BCUT2D eigenvalue weighted by molar-refractivity contribution is 5.46. The van der Waals surface area contributed by atoms with Gasteiger partial charge < -0.3 is 10.0 Å². The number of hydrogen-bond acceptors (Lipinski definition) is 2. The summed E-state index contributed by atoms with van der Waals surface area (Å²) in [4.78, 5) is 11.4. The molecule has 0 saturated heterocycles. The second-order valence-corrected chi connectivity index (χ2v) is 2.06. The van der Waals surface area contributed by atoms with E-state index in [2.05, 4.69) is 5.92 Å². The van der Waals surface area contributed by atoms with E-state index in [1.807, 2.05) is 0 Å². The molecule has 0 fully saturated rings. The number of aliphatic hydroxyl groups is 1. The molecule has 0 aliphatic carbocycles. The van der Waals surface area contributed by atoms with Gasteiger partial charge in [0.05, 0.1) is 0 Å². The van der Waals surface area contributed by atoms with Gasteiger partial charge in [0.1, 0.15) is 6.10 Å². The fourth-order valence-corrected chi connectivity index (χ4v) is 0.462. The van der Waals surface area contributed by atoms with Gasteiger partial charge in [0, 0.05) is 20.0 Å². The highest BCUT2D eigenvalue weighted by Crippen LogP contribution is 1.89. The third-order valence-corrected chi connectivity index (χ3v) is 1.13. The van der Waals surface area contributed by atoms with Crippen molar-refractivity contribution in [1.29, 1.82) is 0 Å². The first-order valence-electron chi connectivity index (χ1n) is 3.00. The zero-order chi connectivity index (χ0) is 7.98. The van der Waals surface area contributed by atoms with Crippen molar-refractivity contribution < 1.29 is 9.90 Å². The lowest BCUT2D eigenvalue weighted by Crippen LogP contribution is -2.21. The fourth-order valence-electron chi connectivity index (χ4n) is 0.462. The average Bonchev–Trinajstić information content (AvgIpc) is 1.99. The van der Waals surface area contributed by atoms with Crippen LogP contribution >= 0.6 is 0 Å². The molecule has 3 nitrogen and oxygen atoms in total. The van der Waals surface area contributed by atoms with Crippen LogP contribution in [-0.2, 0) is 4.79 Å². The first kappa shape index (κ1) is 8.99. The molecule has 0 saturated carbocycles. The number of terminal acetylenes is 1. The molecule has 1 atom stereocenters. The fraction of sp³-hybridized carbons (Fsp3) is 0.571. The van der Waals surface area contributed by atoms with E-state index in [1.165, 1.54) is 4.90 Å². The summed E-state index contributed by atoms with van der Waals surface area (Å²) in [6.07, 6.45) is 5.29. The van der Waals surface area contributed by atoms with Gasteiger partial charge in [0.15, 0.2) is 0 Å². The SMILES string of the molecule is C#CC(O)CCN(C)C=O. The lowest BCUT2D eigenvalue weighted by Gasteiger charge is -2.10. The van der Waals surface area contributed by atoms with Crippen LogP contribution < -0.4 is 0 Å². The van der Waals surface area contributed by atoms with E-state index in [9.17, 15) is 4.79 Å². The number of carbonyl (C=O) groups is 1. The molecule has 0 aromatic rings. The van der Waals surface area contributed by atoms with E-state index < -0.39 is 6.10 Å². The molecule has 1 amide bonds. The maximum atomic E-state index is 10.00. The van der Waals surface area contributed by atoms with Gasteiger partial charge in [-0.1, -0.05) is 5.92 Å². The van der Waals surface area contributed by atoms with Crippen LogP contribution in [0.5, 0.6) is 0 Å². The molecule has 0 bridgehead atoms. The van der Waals surface area contributed by atoms with Crippen molar-refractivity contribution in [3.63, 3.8) is 0 Å². The predicted molar refractivity (Wildman–Crippen MR) is 38.2 cm³/mol. The quantitative estimate of drug-likeness (QED) is 0.422. The molecule has 0 spiro atoms. The van der Waals surface area contributed by atoms with Crippen LogP contribution in [0.3, 0.4) is 0 Å². The number of carbonyl (C=O) groups excluding carboxylic acids is 1. The molecule has 0 heterocycles. The minimum atomic E-state index is -0.734. The Bertz CT molecular complexity index is 139. The van der Waals surface area contributed by atoms with E-state index in [4.69, 9.17) is 11.5 Å². The van der Waals surface area contributed by atoms with Gasteiger partial charge >= 0.3 is 0 Å². The van der Waals surface area contributed by atoms with Gasteiger partial charge in [-0.05, 0) is 0 Å². The molecule has 0 aliphatic rings.